The van der Waals surface area contributed by atoms with Crippen LogP contribution in [0.1, 0.15) is 21.0 Å². The van der Waals surface area contributed by atoms with E-state index in [1.54, 1.807) is 37.2 Å². The number of nitrogens with one attached hydrogen (secondary N) is 2. The molecule has 0 aliphatic carbocycles. The van der Waals surface area contributed by atoms with Gasteiger partial charge in [0.05, 0.1) is 22.7 Å². The number of hydrogen-bond acceptors (Lipinski definition) is 4. The van der Waals surface area contributed by atoms with Crippen LogP contribution in [0.4, 0.5) is 11.4 Å². The van der Waals surface area contributed by atoms with Gasteiger partial charge in [-0.3, -0.25) is 4.79 Å². The molecule has 0 radical (unpaired) electrons. The lowest BCUT2D eigenvalue weighted by atomic mass is 10.2. The van der Waals surface area contributed by atoms with Crippen molar-refractivity contribution in [3.63, 3.8) is 0 Å². The molecule has 0 aliphatic rings. The van der Waals surface area contributed by atoms with E-state index in [2.05, 4.69) is 15.3 Å². The topological polar surface area (TPSA) is 98.3 Å². The fourth-order valence-electron chi connectivity index (χ4n) is 1.88. The Morgan fingerprint density at radius 3 is 2.71 bits per heavy atom. The molecule has 0 aliphatic heterocycles. The van der Waals surface area contributed by atoms with Gasteiger partial charge in [0.15, 0.2) is 11.4 Å². The van der Waals surface area contributed by atoms with Crippen molar-refractivity contribution in [2.75, 3.05) is 24.3 Å². The molecule has 7 nitrogen and oxygen atoms in total. The first-order valence-electron chi connectivity index (χ1n) is 5.95. The fourth-order valence-corrected chi connectivity index (χ4v) is 2.23. The van der Waals surface area contributed by atoms with E-state index in [0.29, 0.717) is 16.4 Å². The number of halogens is 1. The van der Waals surface area contributed by atoms with Gasteiger partial charge in [0.1, 0.15) is 0 Å². The smallest absolute Gasteiger partial charge is 0.354 e. The SMILES string of the molecule is CN(C)c1c(Cl)cccc1NC(=O)c1nc[nH]c1C(=O)O. The number of aromatic carboxylic acids is 1. The highest BCUT2D eigenvalue weighted by Gasteiger charge is 2.21. The number of anilines is 2. The van der Waals surface area contributed by atoms with Crippen LogP contribution in [0.15, 0.2) is 24.5 Å². The number of benzene rings is 1. The van der Waals surface area contributed by atoms with Crippen molar-refractivity contribution in [2.24, 2.45) is 0 Å². The van der Waals surface area contributed by atoms with Crippen molar-refractivity contribution >= 4 is 34.9 Å². The number of hydrogen-bond donors (Lipinski definition) is 3. The van der Waals surface area contributed by atoms with Crippen molar-refractivity contribution in [1.29, 1.82) is 0 Å². The maximum Gasteiger partial charge on any atom is 0.354 e. The van der Waals surface area contributed by atoms with Crippen LogP contribution in [0.2, 0.25) is 5.02 Å². The van der Waals surface area contributed by atoms with Gasteiger partial charge in [-0.15, -0.1) is 0 Å². The Kier molecular flexibility index (Phi) is 4.13. The van der Waals surface area contributed by atoms with E-state index in [4.69, 9.17) is 16.7 Å². The highest BCUT2D eigenvalue weighted by atomic mass is 35.5. The minimum absolute atomic E-state index is 0.188. The van der Waals surface area contributed by atoms with Crippen molar-refractivity contribution in [1.82, 2.24) is 9.97 Å². The molecule has 0 fully saturated rings. The number of carboxylic acid groups (broad SMARTS) is 1. The summed E-state index contributed by atoms with van der Waals surface area (Å²) >= 11 is 6.11. The highest BCUT2D eigenvalue weighted by molar-refractivity contribution is 6.34. The summed E-state index contributed by atoms with van der Waals surface area (Å²) in [5.74, 6) is -1.88. The van der Waals surface area contributed by atoms with Gasteiger partial charge in [0, 0.05) is 14.1 Å². The highest BCUT2D eigenvalue weighted by Crippen LogP contribution is 2.32. The van der Waals surface area contributed by atoms with E-state index in [1.165, 1.54) is 0 Å². The number of imidazole rings is 1. The largest absolute Gasteiger partial charge is 0.477 e. The number of rotatable bonds is 4. The molecule has 1 aromatic carbocycles. The van der Waals surface area contributed by atoms with Crippen molar-refractivity contribution in [3.8, 4) is 0 Å². The fraction of sp³-hybridized carbons (Fsp3) is 0.154. The molecule has 0 atom stereocenters. The average Bonchev–Trinajstić information content (AvgIpc) is 2.87. The first-order valence-corrected chi connectivity index (χ1v) is 6.33. The first-order chi connectivity index (χ1) is 9.91. The van der Waals surface area contributed by atoms with E-state index in [-0.39, 0.29) is 11.4 Å². The van der Waals surface area contributed by atoms with E-state index in [1.807, 2.05) is 0 Å². The molecule has 1 aromatic heterocycles. The van der Waals surface area contributed by atoms with E-state index in [0.717, 1.165) is 6.33 Å². The summed E-state index contributed by atoms with van der Waals surface area (Å²) in [6.45, 7) is 0. The molecule has 0 spiro atoms. The van der Waals surface area contributed by atoms with Gasteiger partial charge in [0.25, 0.3) is 5.91 Å². The van der Waals surface area contributed by atoms with Gasteiger partial charge < -0.3 is 20.3 Å². The van der Waals surface area contributed by atoms with Gasteiger partial charge in [-0.2, -0.15) is 0 Å². The van der Waals surface area contributed by atoms with Crippen LogP contribution >= 0.6 is 11.6 Å². The van der Waals surface area contributed by atoms with E-state index >= 15 is 0 Å². The minimum Gasteiger partial charge on any atom is -0.477 e. The number of para-hydroxylation sites is 1. The maximum absolute atomic E-state index is 12.2. The number of aromatic nitrogens is 2. The van der Waals surface area contributed by atoms with Crippen LogP contribution in [-0.4, -0.2) is 41.0 Å². The third kappa shape index (κ3) is 2.97. The van der Waals surface area contributed by atoms with Gasteiger partial charge in [-0.25, -0.2) is 9.78 Å². The summed E-state index contributed by atoms with van der Waals surface area (Å²) in [6, 6.07) is 5.06. The lowest BCUT2D eigenvalue weighted by molar-refractivity contribution is 0.0686. The molecule has 1 amide bonds. The second-order valence-corrected chi connectivity index (χ2v) is 4.82. The Hall–Kier alpha value is -2.54. The van der Waals surface area contributed by atoms with Gasteiger partial charge in [-0.05, 0) is 12.1 Å². The molecule has 0 saturated carbocycles. The van der Waals surface area contributed by atoms with Crippen molar-refractivity contribution < 1.29 is 14.7 Å². The van der Waals surface area contributed by atoms with Crippen LogP contribution in [0, 0.1) is 0 Å². The van der Waals surface area contributed by atoms with Crippen LogP contribution in [0.3, 0.4) is 0 Å². The molecular weight excluding hydrogens is 296 g/mol. The molecule has 110 valence electrons. The zero-order valence-corrected chi connectivity index (χ0v) is 12.1. The number of aromatic amines is 1. The summed E-state index contributed by atoms with van der Waals surface area (Å²) in [5.41, 5.74) is 0.643. The molecule has 0 saturated heterocycles. The lowest BCUT2D eigenvalue weighted by Crippen LogP contribution is -2.19. The molecule has 2 aromatic rings. The van der Waals surface area contributed by atoms with Crippen molar-refractivity contribution in [3.05, 3.63) is 40.9 Å². The zero-order valence-electron chi connectivity index (χ0n) is 11.3. The molecule has 2 rings (SSSR count). The number of nitrogens with zero attached hydrogens (tertiary/aromatic N) is 2. The normalized spacial score (nSPS) is 10.2. The Bertz CT molecular complexity index is 696. The number of carbonyl (C=O) groups is 2. The third-order valence-electron chi connectivity index (χ3n) is 2.75. The Labute approximate surface area is 125 Å². The van der Waals surface area contributed by atoms with Crippen LogP contribution in [-0.2, 0) is 0 Å². The summed E-state index contributed by atoms with van der Waals surface area (Å²) in [7, 11) is 3.57. The Balaban J connectivity index is 2.34. The molecule has 0 bridgehead atoms. The minimum atomic E-state index is -1.25. The van der Waals surface area contributed by atoms with Crippen LogP contribution in [0.25, 0.3) is 0 Å². The Morgan fingerprint density at radius 1 is 1.38 bits per heavy atom. The summed E-state index contributed by atoms with van der Waals surface area (Å²) in [5, 5.41) is 12.1. The van der Waals surface area contributed by atoms with Gasteiger partial charge in [0.2, 0.25) is 0 Å². The Morgan fingerprint density at radius 2 is 2.10 bits per heavy atom. The summed E-state index contributed by atoms with van der Waals surface area (Å²) in [6.07, 6.45) is 1.16. The molecule has 8 heteroatoms. The third-order valence-corrected chi connectivity index (χ3v) is 3.06. The maximum atomic E-state index is 12.2. The number of carboxylic acids is 1. The number of carbonyl (C=O) groups excluding carboxylic acids is 1. The summed E-state index contributed by atoms with van der Waals surface area (Å²) < 4.78 is 0. The monoisotopic (exact) mass is 308 g/mol. The first kappa shape index (κ1) is 14.9. The van der Waals surface area contributed by atoms with Gasteiger partial charge >= 0.3 is 5.97 Å². The second-order valence-electron chi connectivity index (χ2n) is 4.42. The average molecular weight is 309 g/mol. The van der Waals surface area contributed by atoms with Crippen molar-refractivity contribution in [2.45, 2.75) is 0 Å². The van der Waals surface area contributed by atoms with Crippen LogP contribution < -0.4 is 10.2 Å². The van der Waals surface area contributed by atoms with Crippen LogP contribution in [0.5, 0.6) is 0 Å². The molecular formula is C13H13ClN4O3. The quantitative estimate of drug-likeness (QED) is 0.803. The standard InChI is InChI=1S/C13H13ClN4O3/c1-18(2)11-7(14)4-3-5-8(11)17-12(19)9-10(13(20)21)16-6-15-9/h3-6H,1-2H3,(H,15,16)(H,17,19)(H,20,21). The molecule has 1 heterocycles. The predicted molar refractivity (Wildman–Crippen MR) is 79.3 cm³/mol. The number of amides is 1. The molecule has 0 unspecified atom stereocenters. The van der Waals surface area contributed by atoms with E-state index < -0.39 is 11.9 Å². The van der Waals surface area contributed by atoms with E-state index in [9.17, 15) is 9.59 Å². The predicted octanol–water partition coefficient (Wildman–Crippen LogP) is 2.08. The lowest BCUT2D eigenvalue weighted by Gasteiger charge is -2.19. The number of H-pyrrole nitrogens is 1. The second kappa shape index (κ2) is 5.84. The molecule has 21 heavy (non-hydrogen) atoms. The summed E-state index contributed by atoms with van der Waals surface area (Å²) in [4.78, 5) is 31.1. The zero-order chi connectivity index (χ0) is 15.6. The molecule has 3 N–H and O–H groups in total. The van der Waals surface area contributed by atoms with Gasteiger partial charge in [-0.1, -0.05) is 17.7 Å².